The zero-order valence-electron chi connectivity index (χ0n) is 9.02. The first-order valence-corrected chi connectivity index (χ1v) is 5.08. The molecule has 0 aromatic carbocycles. The maximum Gasteiger partial charge on any atom is 0.141 e. The van der Waals surface area contributed by atoms with Crippen LogP contribution in [0.5, 0.6) is 0 Å². The van der Waals surface area contributed by atoms with Crippen molar-refractivity contribution in [1.82, 2.24) is 14.8 Å². The second-order valence-corrected chi connectivity index (χ2v) is 3.57. The number of aromatic nitrogens is 3. The van der Waals surface area contributed by atoms with E-state index in [1.165, 1.54) is 12.3 Å². The van der Waals surface area contributed by atoms with Gasteiger partial charge in [0.15, 0.2) is 0 Å². The van der Waals surface area contributed by atoms with Crippen LogP contribution < -0.4 is 5.32 Å². The second-order valence-electron chi connectivity index (χ2n) is 3.57. The molecule has 0 saturated heterocycles. The minimum Gasteiger partial charge on any atom is -0.368 e. The quantitative estimate of drug-likeness (QED) is 0.854. The number of pyridine rings is 1. The number of rotatable bonds is 4. The van der Waals surface area contributed by atoms with Crippen molar-refractivity contribution in [3.63, 3.8) is 0 Å². The van der Waals surface area contributed by atoms with Gasteiger partial charge in [-0.1, -0.05) is 0 Å². The largest absolute Gasteiger partial charge is 0.368 e. The van der Waals surface area contributed by atoms with E-state index in [2.05, 4.69) is 15.4 Å². The molecule has 0 aliphatic carbocycles. The summed E-state index contributed by atoms with van der Waals surface area (Å²) in [5.41, 5.74) is 1.14. The van der Waals surface area contributed by atoms with Crippen LogP contribution in [0.25, 0.3) is 0 Å². The van der Waals surface area contributed by atoms with Gasteiger partial charge >= 0.3 is 0 Å². The third-order valence-electron chi connectivity index (χ3n) is 2.14. The van der Waals surface area contributed by atoms with Gasteiger partial charge in [0.25, 0.3) is 0 Å². The lowest BCUT2D eigenvalue weighted by molar-refractivity contribution is 0.620. The highest BCUT2D eigenvalue weighted by atomic mass is 19.1. The molecule has 0 bridgehead atoms. The van der Waals surface area contributed by atoms with E-state index >= 15 is 0 Å². The maximum absolute atomic E-state index is 12.6. The molecule has 0 spiro atoms. The molecule has 2 rings (SSSR count). The summed E-state index contributed by atoms with van der Waals surface area (Å²) in [6, 6.07) is 3.00. The zero-order chi connectivity index (χ0) is 11.4. The van der Waals surface area contributed by atoms with Gasteiger partial charge in [-0.3, -0.25) is 4.68 Å². The van der Waals surface area contributed by atoms with Crippen molar-refractivity contribution in [2.24, 2.45) is 0 Å². The monoisotopic (exact) mass is 220 g/mol. The fraction of sp³-hybridized carbons (Fsp3) is 0.273. The summed E-state index contributed by atoms with van der Waals surface area (Å²) in [7, 11) is 0. The first-order valence-electron chi connectivity index (χ1n) is 5.08. The van der Waals surface area contributed by atoms with Crippen molar-refractivity contribution in [2.75, 3.05) is 11.9 Å². The highest BCUT2D eigenvalue weighted by Crippen LogP contribution is 2.03. The summed E-state index contributed by atoms with van der Waals surface area (Å²) in [6.07, 6.45) is 4.98. The lowest BCUT2D eigenvalue weighted by atomic mass is 10.4. The summed E-state index contributed by atoms with van der Waals surface area (Å²) >= 11 is 0. The van der Waals surface area contributed by atoms with E-state index in [-0.39, 0.29) is 5.82 Å². The molecule has 2 aromatic rings. The number of hydrogen-bond acceptors (Lipinski definition) is 3. The molecule has 2 heterocycles. The van der Waals surface area contributed by atoms with Gasteiger partial charge in [-0.2, -0.15) is 5.10 Å². The average molecular weight is 220 g/mol. The maximum atomic E-state index is 12.6. The number of anilines is 1. The Morgan fingerprint density at radius 1 is 1.38 bits per heavy atom. The van der Waals surface area contributed by atoms with E-state index in [4.69, 9.17) is 0 Å². The van der Waals surface area contributed by atoms with Gasteiger partial charge in [-0.05, 0) is 24.6 Å². The normalized spacial score (nSPS) is 10.4. The van der Waals surface area contributed by atoms with Crippen molar-refractivity contribution >= 4 is 5.82 Å². The predicted octanol–water partition coefficient (Wildman–Crippen LogP) is 1.84. The summed E-state index contributed by atoms with van der Waals surface area (Å²) < 4.78 is 14.4. The molecule has 0 atom stereocenters. The van der Waals surface area contributed by atoms with Gasteiger partial charge in [-0.25, -0.2) is 9.37 Å². The molecule has 0 radical (unpaired) electrons. The van der Waals surface area contributed by atoms with Crippen LogP contribution in [0.2, 0.25) is 0 Å². The Labute approximate surface area is 93.1 Å². The molecule has 0 fully saturated rings. The molecule has 0 unspecified atom stereocenters. The third kappa shape index (κ3) is 2.79. The Kier molecular flexibility index (Phi) is 3.14. The van der Waals surface area contributed by atoms with Gasteiger partial charge in [-0.15, -0.1) is 0 Å². The highest BCUT2D eigenvalue weighted by molar-refractivity contribution is 5.33. The topological polar surface area (TPSA) is 42.7 Å². The minimum absolute atomic E-state index is 0.326. The zero-order valence-corrected chi connectivity index (χ0v) is 9.02. The van der Waals surface area contributed by atoms with Crippen LogP contribution in [0.4, 0.5) is 10.2 Å². The van der Waals surface area contributed by atoms with Crippen molar-refractivity contribution in [2.45, 2.75) is 13.5 Å². The number of halogens is 1. The van der Waals surface area contributed by atoms with Crippen LogP contribution in [-0.4, -0.2) is 21.3 Å². The number of aryl methyl sites for hydroxylation is 1. The van der Waals surface area contributed by atoms with Crippen molar-refractivity contribution < 1.29 is 4.39 Å². The molecule has 1 N–H and O–H groups in total. The summed E-state index contributed by atoms with van der Waals surface area (Å²) in [4.78, 5) is 3.90. The molecule has 0 aliphatic rings. The van der Waals surface area contributed by atoms with E-state index in [0.29, 0.717) is 12.4 Å². The van der Waals surface area contributed by atoms with Gasteiger partial charge in [0.2, 0.25) is 0 Å². The summed E-state index contributed by atoms with van der Waals surface area (Å²) in [5.74, 6) is 0.346. The minimum atomic E-state index is -0.326. The smallest absolute Gasteiger partial charge is 0.141 e. The van der Waals surface area contributed by atoms with E-state index in [0.717, 1.165) is 12.1 Å². The van der Waals surface area contributed by atoms with Crippen molar-refractivity contribution in [1.29, 1.82) is 0 Å². The van der Waals surface area contributed by atoms with Crippen LogP contribution in [0.15, 0.2) is 30.7 Å². The standard InChI is InChI=1S/C11H13FN4/c1-9-6-15-16(8-9)5-4-13-11-3-2-10(12)7-14-11/h2-3,6-8H,4-5H2,1H3,(H,13,14). The van der Waals surface area contributed by atoms with Crippen LogP contribution >= 0.6 is 0 Å². The summed E-state index contributed by atoms with van der Waals surface area (Å²) in [6.45, 7) is 3.46. The van der Waals surface area contributed by atoms with Gasteiger partial charge < -0.3 is 5.32 Å². The Hall–Kier alpha value is -1.91. The van der Waals surface area contributed by atoms with Crippen LogP contribution in [-0.2, 0) is 6.54 Å². The molecule has 0 saturated carbocycles. The van der Waals surface area contributed by atoms with Gasteiger partial charge in [0.1, 0.15) is 11.6 Å². The SMILES string of the molecule is Cc1cnn(CCNc2ccc(F)cn2)c1. The highest BCUT2D eigenvalue weighted by Gasteiger charge is 1.96. The molecule has 0 aliphatic heterocycles. The number of nitrogens with zero attached hydrogens (tertiary/aromatic N) is 3. The molecule has 0 amide bonds. The number of hydrogen-bond donors (Lipinski definition) is 1. The molecule has 4 nitrogen and oxygen atoms in total. The first-order chi connectivity index (χ1) is 7.74. The van der Waals surface area contributed by atoms with Gasteiger partial charge in [0.05, 0.1) is 18.9 Å². The fourth-order valence-corrected chi connectivity index (χ4v) is 1.37. The lowest BCUT2D eigenvalue weighted by Gasteiger charge is -2.05. The molecule has 2 aromatic heterocycles. The van der Waals surface area contributed by atoms with Crippen molar-refractivity contribution in [3.8, 4) is 0 Å². The first kappa shape index (κ1) is 10.6. The van der Waals surface area contributed by atoms with E-state index in [1.807, 2.05) is 24.0 Å². The van der Waals surface area contributed by atoms with E-state index < -0.39 is 0 Å². The van der Waals surface area contributed by atoms with E-state index in [1.54, 1.807) is 6.07 Å². The number of nitrogens with one attached hydrogen (secondary N) is 1. The van der Waals surface area contributed by atoms with Crippen LogP contribution in [0, 0.1) is 12.7 Å². The van der Waals surface area contributed by atoms with Crippen molar-refractivity contribution in [3.05, 3.63) is 42.1 Å². The van der Waals surface area contributed by atoms with Crippen LogP contribution in [0.1, 0.15) is 5.56 Å². The summed E-state index contributed by atoms with van der Waals surface area (Å²) in [5, 5.41) is 7.25. The third-order valence-corrected chi connectivity index (χ3v) is 2.14. The van der Waals surface area contributed by atoms with E-state index in [9.17, 15) is 4.39 Å². The molecular weight excluding hydrogens is 207 g/mol. The van der Waals surface area contributed by atoms with Crippen LogP contribution in [0.3, 0.4) is 0 Å². The average Bonchev–Trinajstić information content (AvgIpc) is 2.67. The second kappa shape index (κ2) is 4.74. The lowest BCUT2D eigenvalue weighted by Crippen LogP contribution is -2.11. The Balaban J connectivity index is 1.82. The molecular formula is C11H13FN4. The fourth-order valence-electron chi connectivity index (χ4n) is 1.37. The molecule has 5 heteroatoms. The molecule has 84 valence electrons. The Morgan fingerprint density at radius 3 is 2.88 bits per heavy atom. The Bertz CT molecular complexity index is 449. The Morgan fingerprint density at radius 2 is 2.25 bits per heavy atom. The molecule has 16 heavy (non-hydrogen) atoms. The van der Waals surface area contributed by atoms with Gasteiger partial charge in [0, 0.05) is 12.7 Å². The predicted molar refractivity (Wildman–Crippen MR) is 59.6 cm³/mol.